The van der Waals surface area contributed by atoms with E-state index in [-0.39, 0.29) is 12.6 Å². The van der Waals surface area contributed by atoms with Gasteiger partial charge in [-0.05, 0) is 44.1 Å². The highest BCUT2D eigenvalue weighted by atomic mass is 32.2. The molecule has 106 valence electrons. The number of rotatable bonds is 8. The Morgan fingerprint density at radius 1 is 1.42 bits per heavy atom. The summed E-state index contributed by atoms with van der Waals surface area (Å²) in [4.78, 5) is 15.5. The van der Waals surface area contributed by atoms with Gasteiger partial charge in [-0.25, -0.2) is 4.98 Å². The molecule has 1 aromatic heterocycles. The highest BCUT2D eigenvalue weighted by molar-refractivity contribution is 7.99. The van der Waals surface area contributed by atoms with Crippen molar-refractivity contribution in [2.45, 2.75) is 44.7 Å². The van der Waals surface area contributed by atoms with Crippen molar-refractivity contribution in [3.63, 3.8) is 0 Å². The van der Waals surface area contributed by atoms with Crippen LogP contribution in [0.1, 0.15) is 37.4 Å². The maximum absolute atomic E-state index is 11.1. The number of nitrogens with zero attached hydrogens (tertiary/aromatic N) is 1. The Morgan fingerprint density at radius 3 is 2.89 bits per heavy atom. The topological polar surface area (TPSA) is 59.4 Å². The van der Waals surface area contributed by atoms with Crippen LogP contribution >= 0.6 is 11.8 Å². The van der Waals surface area contributed by atoms with Crippen molar-refractivity contribution in [3.05, 3.63) is 23.4 Å². The van der Waals surface area contributed by atoms with Crippen molar-refractivity contribution in [2.75, 3.05) is 12.4 Å². The molecule has 0 atom stereocenters. The lowest BCUT2D eigenvalue weighted by atomic mass is 10.2. The summed E-state index contributed by atoms with van der Waals surface area (Å²) in [5.74, 6) is 0.795. The SMILES string of the molecule is CCOC(=O)CCCCSc1ccc(C)c(CO)n1. The van der Waals surface area contributed by atoms with Crippen LogP contribution in [0.5, 0.6) is 0 Å². The molecular weight excluding hydrogens is 262 g/mol. The minimum absolute atomic E-state index is 0.0247. The molecule has 1 heterocycles. The predicted octanol–water partition coefficient (Wildman–Crippen LogP) is 2.71. The summed E-state index contributed by atoms with van der Waals surface area (Å²) in [6, 6.07) is 3.93. The van der Waals surface area contributed by atoms with E-state index < -0.39 is 0 Å². The van der Waals surface area contributed by atoms with Gasteiger partial charge in [-0.15, -0.1) is 11.8 Å². The summed E-state index contributed by atoms with van der Waals surface area (Å²) in [7, 11) is 0. The van der Waals surface area contributed by atoms with E-state index in [1.807, 2.05) is 26.0 Å². The molecular formula is C14H21NO3S. The Kier molecular flexibility index (Phi) is 7.52. The van der Waals surface area contributed by atoms with E-state index in [1.54, 1.807) is 11.8 Å². The third-order valence-electron chi connectivity index (χ3n) is 2.66. The molecule has 0 aliphatic carbocycles. The average molecular weight is 283 g/mol. The third kappa shape index (κ3) is 6.07. The van der Waals surface area contributed by atoms with Crippen LogP contribution in [-0.4, -0.2) is 28.4 Å². The van der Waals surface area contributed by atoms with Crippen LogP contribution in [-0.2, 0) is 16.1 Å². The number of aryl methyl sites for hydroxylation is 1. The summed E-state index contributed by atoms with van der Waals surface area (Å²) in [5.41, 5.74) is 1.74. The number of aliphatic hydroxyl groups excluding tert-OH is 1. The van der Waals surface area contributed by atoms with Gasteiger partial charge in [0.15, 0.2) is 0 Å². The van der Waals surface area contributed by atoms with Gasteiger partial charge in [-0.1, -0.05) is 6.07 Å². The standard InChI is InChI=1S/C14H21NO3S/c1-3-18-14(17)6-4-5-9-19-13-8-7-11(2)12(10-16)15-13/h7-8,16H,3-6,9-10H2,1-2H3. The maximum Gasteiger partial charge on any atom is 0.305 e. The van der Waals surface area contributed by atoms with Crippen molar-refractivity contribution in [2.24, 2.45) is 0 Å². The molecule has 0 spiro atoms. The lowest BCUT2D eigenvalue weighted by Gasteiger charge is -2.05. The summed E-state index contributed by atoms with van der Waals surface area (Å²) in [6.07, 6.45) is 2.27. The van der Waals surface area contributed by atoms with E-state index >= 15 is 0 Å². The van der Waals surface area contributed by atoms with Gasteiger partial charge in [0.25, 0.3) is 0 Å². The number of hydrogen-bond donors (Lipinski definition) is 1. The molecule has 1 aromatic rings. The Bertz CT molecular complexity index is 410. The van der Waals surface area contributed by atoms with E-state index in [2.05, 4.69) is 4.98 Å². The van der Waals surface area contributed by atoms with Crippen LogP contribution in [0.4, 0.5) is 0 Å². The van der Waals surface area contributed by atoms with Crippen LogP contribution in [0.3, 0.4) is 0 Å². The summed E-state index contributed by atoms with van der Waals surface area (Å²) in [5, 5.41) is 10.1. The van der Waals surface area contributed by atoms with E-state index in [1.165, 1.54) is 0 Å². The van der Waals surface area contributed by atoms with Crippen molar-refractivity contribution in [1.29, 1.82) is 0 Å². The molecule has 0 aliphatic heterocycles. The molecule has 0 saturated carbocycles. The molecule has 4 nitrogen and oxygen atoms in total. The lowest BCUT2D eigenvalue weighted by Crippen LogP contribution is -2.03. The van der Waals surface area contributed by atoms with Gasteiger partial charge in [0.1, 0.15) is 0 Å². The van der Waals surface area contributed by atoms with Crippen LogP contribution in [0.2, 0.25) is 0 Å². The van der Waals surface area contributed by atoms with Crippen LogP contribution in [0.15, 0.2) is 17.2 Å². The number of carbonyl (C=O) groups is 1. The molecule has 0 saturated heterocycles. The van der Waals surface area contributed by atoms with Gasteiger partial charge in [-0.3, -0.25) is 4.79 Å². The number of ether oxygens (including phenoxy) is 1. The van der Waals surface area contributed by atoms with E-state index in [0.29, 0.717) is 13.0 Å². The molecule has 0 amide bonds. The van der Waals surface area contributed by atoms with Crippen LogP contribution in [0, 0.1) is 6.92 Å². The molecule has 19 heavy (non-hydrogen) atoms. The summed E-state index contributed by atoms with van der Waals surface area (Å²) < 4.78 is 4.86. The van der Waals surface area contributed by atoms with E-state index in [9.17, 15) is 4.79 Å². The number of aliphatic hydroxyl groups is 1. The zero-order valence-corrected chi connectivity index (χ0v) is 12.3. The van der Waals surface area contributed by atoms with Gasteiger partial charge in [-0.2, -0.15) is 0 Å². The van der Waals surface area contributed by atoms with Crippen molar-refractivity contribution in [1.82, 2.24) is 4.98 Å². The first-order valence-corrected chi connectivity index (χ1v) is 7.51. The average Bonchev–Trinajstić information content (AvgIpc) is 2.40. The quantitative estimate of drug-likeness (QED) is 0.451. The first kappa shape index (κ1) is 16.0. The van der Waals surface area contributed by atoms with Gasteiger partial charge >= 0.3 is 5.97 Å². The fraction of sp³-hybridized carbons (Fsp3) is 0.571. The first-order valence-electron chi connectivity index (χ1n) is 6.53. The third-order valence-corrected chi connectivity index (χ3v) is 3.67. The van der Waals surface area contributed by atoms with Crippen molar-refractivity contribution < 1.29 is 14.6 Å². The Labute approximate surface area is 118 Å². The number of hydrogen-bond acceptors (Lipinski definition) is 5. The fourth-order valence-corrected chi connectivity index (χ4v) is 2.47. The maximum atomic E-state index is 11.1. The fourth-order valence-electron chi connectivity index (χ4n) is 1.57. The molecule has 0 aromatic carbocycles. The Balaban J connectivity index is 2.24. The molecule has 5 heteroatoms. The molecule has 0 aliphatic rings. The van der Waals surface area contributed by atoms with Crippen molar-refractivity contribution in [3.8, 4) is 0 Å². The highest BCUT2D eigenvalue weighted by Crippen LogP contribution is 2.19. The van der Waals surface area contributed by atoms with Gasteiger partial charge in [0.2, 0.25) is 0 Å². The molecule has 0 fully saturated rings. The largest absolute Gasteiger partial charge is 0.466 e. The Morgan fingerprint density at radius 2 is 2.21 bits per heavy atom. The second-order valence-electron chi connectivity index (χ2n) is 4.18. The molecule has 0 unspecified atom stereocenters. The van der Waals surface area contributed by atoms with Gasteiger partial charge in [0, 0.05) is 6.42 Å². The van der Waals surface area contributed by atoms with Crippen molar-refractivity contribution >= 4 is 17.7 Å². The number of carbonyl (C=O) groups excluding carboxylic acids is 1. The normalized spacial score (nSPS) is 10.5. The van der Waals surface area contributed by atoms with Gasteiger partial charge in [0.05, 0.1) is 23.9 Å². The summed E-state index contributed by atoms with van der Waals surface area (Å²) >= 11 is 1.65. The van der Waals surface area contributed by atoms with E-state index in [4.69, 9.17) is 9.84 Å². The zero-order valence-electron chi connectivity index (χ0n) is 11.5. The number of esters is 1. The van der Waals surface area contributed by atoms with Gasteiger partial charge < -0.3 is 9.84 Å². The first-order chi connectivity index (χ1) is 9.17. The highest BCUT2D eigenvalue weighted by Gasteiger charge is 2.03. The minimum atomic E-state index is -0.122. The van der Waals surface area contributed by atoms with Crippen LogP contribution in [0.25, 0.3) is 0 Å². The van der Waals surface area contributed by atoms with E-state index in [0.717, 1.165) is 34.9 Å². The minimum Gasteiger partial charge on any atom is -0.466 e. The number of pyridine rings is 1. The lowest BCUT2D eigenvalue weighted by molar-refractivity contribution is -0.143. The molecule has 0 bridgehead atoms. The summed E-state index contributed by atoms with van der Waals surface area (Å²) in [6.45, 7) is 4.18. The second kappa shape index (κ2) is 8.93. The number of unbranched alkanes of at least 4 members (excludes halogenated alkanes) is 1. The molecule has 1 rings (SSSR count). The second-order valence-corrected chi connectivity index (χ2v) is 5.30. The van der Waals surface area contributed by atoms with Crippen LogP contribution < -0.4 is 0 Å². The molecule has 0 radical (unpaired) electrons. The Hall–Kier alpha value is -1.07. The smallest absolute Gasteiger partial charge is 0.305 e. The molecule has 1 N–H and O–H groups in total. The monoisotopic (exact) mass is 283 g/mol. The number of aromatic nitrogens is 1. The number of thioether (sulfide) groups is 1. The zero-order chi connectivity index (χ0) is 14.1. The predicted molar refractivity (Wildman–Crippen MR) is 76.1 cm³/mol.